The van der Waals surface area contributed by atoms with E-state index in [-0.39, 0.29) is 11.6 Å². The maximum Gasteiger partial charge on any atom is 0.256 e. The Kier molecular flexibility index (Phi) is 5.19. The second-order valence-electron chi connectivity index (χ2n) is 4.25. The molecule has 0 bridgehead atoms. The van der Waals surface area contributed by atoms with Crippen molar-refractivity contribution in [2.45, 2.75) is 0 Å². The minimum absolute atomic E-state index is 0.0657. The highest BCUT2D eigenvalue weighted by molar-refractivity contribution is 7.99. The summed E-state index contributed by atoms with van der Waals surface area (Å²) in [6.45, 7) is 1.45. The smallest absolute Gasteiger partial charge is 0.256 e. The summed E-state index contributed by atoms with van der Waals surface area (Å²) in [5.41, 5.74) is 3.32. The molecule has 6 nitrogen and oxygen atoms in total. The first-order chi connectivity index (χ1) is 10.3. The molecule has 1 aromatic rings. The van der Waals surface area contributed by atoms with Crippen LogP contribution in [0.15, 0.2) is 29.4 Å². The van der Waals surface area contributed by atoms with Crippen molar-refractivity contribution in [3.05, 3.63) is 29.8 Å². The third-order valence-electron chi connectivity index (χ3n) is 2.96. The monoisotopic (exact) mass is 299 g/mol. The molecular formula is C14H13N5OS. The number of benzene rings is 1. The maximum atomic E-state index is 12.5. The van der Waals surface area contributed by atoms with E-state index < -0.39 is 0 Å². The molecule has 7 heteroatoms. The summed E-state index contributed by atoms with van der Waals surface area (Å²) in [6.07, 6.45) is 0. The molecule has 0 radical (unpaired) electrons. The first-order valence-electron chi connectivity index (χ1n) is 6.36. The predicted octanol–water partition coefficient (Wildman–Crippen LogP) is 1.69. The van der Waals surface area contributed by atoms with Gasteiger partial charge in [0.2, 0.25) is 5.71 Å². The lowest BCUT2D eigenvalue weighted by Crippen LogP contribution is -2.38. The van der Waals surface area contributed by atoms with Gasteiger partial charge in [0, 0.05) is 24.6 Å². The molecule has 0 unspecified atom stereocenters. The van der Waals surface area contributed by atoms with Crippen LogP contribution in [0.2, 0.25) is 0 Å². The summed E-state index contributed by atoms with van der Waals surface area (Å²) in [5, 5.41) is 21.0. The Balaban J connectivity index is 2.21. The Bertz CT molecular complexity index is 621. The normalized spacial score (nSPS) is 13.7. The summed E-state index contributed by atoms with van der Waals surface area (Å²) < 4.78 is 0. The molecule has 1 fully saturated rings. The predicted molar refractivity (Wildman–Crippen MR) is 82.0 cm³/mol. The molecule has 1 aliphatic rings. The van der Waals surface area contributed by atoms with Crippen LogP contribution in [-0.2, 0) is 0 Å². The Hall–Kier alpha value is -2.51. The van der Waals surface area contributed by atoms with Crippen LogP contribution in [-0.4, -0.2) is 41.1 Å². The van der Waals surface area contributed by atoms with Gasteiger partial charge in [-0.25, -0.2) is 0 Å². The standard InChI is InChI=1S/C14H13N5OS/c15-9-11(10-16)17-18-13-4-2-1-3-12(13)14(20)19-5-7-21-8-6-19/h1-4,18H,5-8H2. The summed E-state index contributed by atoms with van der Waals surface area (Å²) in [5.74, 6) is 1.81. The average molecular weight is 299 g/mol. The molecule has 1 amide bonds. The van der Waals surface area contributed by atoms with Gasteiger partial charge >= 0.3 is 0 Å². The van der Waals surface area contributed by atoms with Crippen LogP contribution >= 0.6 is 11.8 Å². The van der Waals surface area contributed by atoms with E-state index in [1.54, 1.807) is 41.3 Å². The van der Waals surface area contributed by atoms with Gasteiger partial charge in [-0.15, -0.1) is 0 Å². The average Bonchev–Trinajstić information content (AvgIpc) is 2.56. The van der Waals surface area contributed by atoms with Gasteiger partial charge in [-0.2, -0.15) is 27.4 Å². The fourth-order valence-corrected chi connectivity index (χ4v) is 2.80. The van der Waals surface area contributed by atoms with Crippen molar-refractivity contribution in [1.29, 1.82) is 10.5 Å². The number of amides is 1. The third-order valence-corrected chi connectivity index (χ3v) is 3.90. The summed E-state index contributed by atoms with van der Waals surface area (Å²) in [6, 6.07) is 10.3. The number of nitrogens with one attached hydrogen (secondary N) is 1. The molecule has 0 saturated carbocycles. The number of carbonyl (C=O) groups is 1. The van der Waals surface area contributed by atoms with E-state index in [9.17, 15) is 4.79 Å². The second-order valence-corrected chi connectivity index (χ2v) is 5.47. The molecule has 1 heterocycles. The first-order valence-corrected chi connectivity index (χ1v) is 7.51. The van der Waals surface area contributed by atoms with Crippen molar-refractivity contribution in [2.24, 2.45) is 5.10 Å². The fraction of sp³-hybridized carbons (Fsp3) is 0.286. The quantitative estimate of drug-likeness (QED) is 0.677. The third kappa shape index (κ3) is 3.74. The zero-order valence-electron chi connectivity index (χ0n) is 11.2. The van der Waals surface area contributed by atoms with Gasteiger partial charge in [0.05, 0.1) is 11.3 Å². The van der Waals surface area contributed by atoms with Gasteiger partial charge in [0.25, 0.3) is 5.91 Å². The number of anilines is 1. The molecule has 1 saturated heterocycles. The Morgan fingerprint density at radius 3 is 2.57 bits per heavy atom. The highest BCUT2D eigenvalue weighted by atomic mass is 32.2. The lowest BCUT2D eigenvalue weighted by atomic mass is 10.1. The Morgan fingerprint density at radius 1 is 1.24 bits per heavy atom. The van der Waals surface area contributed by atoms with Gasteiger partial charge < -0.3 is 4.90 Å². The van der Waals surface area contributed by atoms with E-state index in [0.29, 0.717) is 11.3 Å². The topological polar surface area (TPSA) is 92.3 Å². The highest BCUT2D eigenvalue weighted by Gasteiger charge is 2.20. The highest BCUT2D eigenvalue weighted by Crippen LogP contribution is 2.19. The molecule has 21 heavy (non-hydrogen) atoms. The molecule has 106 valence electrons. The number of thioether (sulfide) groups is 1. The second kappa shape index (κ2) is 7.32. The van der Waals surface area contributed by atoms with E-state index in [1.807, 2.05) is 11.8 Å². The minimum atomic E-state index is -0.286. The Labute approximate surface area is 127 Å². The molecule has 1 N–H and O–H groups in total. The van der Waals surface area contributed by atoms with Gasteiger partial charge in [0.1, 0.15) is 12.1 Å². The number of hydrogen-bond acceptors (Lipinski definition) is 6. The van der Waals surface area contributed by atoms with E-state index in [2.05, 4.69) is 10.5 Å². The summed E-state index contributed by atoms with van der Waals surface area (Å²) in [4.78, 5) is 14.3. The van der Waals surface area contributed by atoms with Crippen LogP contribution in [0.5, 0.6) is 0 Å². The maximum absolute atomic E-state index is 12.5. The van der Waals surface area contributed by atoms with Crippen molar-refractivity contribution in [2.75, 3.05) is 30.0 Å². The van der Waals surface area contributed by atoms with Crippen LogP contribution in [0, 0.1) is 22.7 Å². The number of rotatable bonds is 3. The van der Waals surface area contributed by atoms with Gasteiger partial charge in [-0.1, -0.05) is 12.1 Å². The van der Waals surface area contributed by atoms with E-state index in [0.717, 1.165) is 24.6 Å². The summed E-state index contributed by atoms with van der Waals surface area (Å²) >= 11 is 1.83. The number of hydrogen-bond donors (Lipinski definition) is 1. The molecule has 1 aromatic carbocycles. The molecule has 0 spiro atoms. The molecular weight excluding hydrogens is 286 g/mol. The molecule has 1 aliphatic heterocycles. The van der Waals surface area contributed by atoms with Crippen molar-refractivity contribution in [3.8, 4) is 12.1 Å². The van der Waals surface area contributed by atoms with Crippen LogP contribution in [0.25, 0.3) is 0 Å². The fourth-order valence-electron chi connectivity index (χ4n) is 1.90. The van der Waals surface area contributed by atoms with Crippen molar-refractivity contribution >= 4 is 29.1 Å². The summed E-state index contributed by atoms with van der Waals surface area (Å²) in [7, 11) is 0. The van der Waals surface area contributed by atoms with E-state index >= 15 is 0 Å². The SMILES string of the molecule is N#CC(C#N)=NNc1ccccc1C(=O)N1CCSCC1. The zero-order chi connectivity index (χ0) is 15.1. The van der Waals surface area contributed by atoms with Crippen molar-refractivity contribution < 1.29 is 4.79 Å². The van der Waals surface area contributed by atoms with Crippen LogP contribution in [0.3, 0.4) is 0 Å². The number of carbonyl (C=O) groups excluding carboxylic acids is 1. The molecule has 0 aliphatic carbocycles. The van der Waals surface area contributed by atoms with Crippen molar-refractivity contribution in [1.82, 2.24) is 4.90 Å². The van der Waals surface area contributed by atoms with Crippen LogP contribution < -0.4 is 5.43 Å². The van der Waals surface area contributed by atoms with Gasteiger partial charge in [-0.3, -0.25) is 10.2 Å². The van der Waals surface area contributed by atoms with Gasteiger partial charge in [0.15, 0.2) is 0 Å². The lowest BCUT2D eigenvalue weighted by molar-refractivity contribution is 0.0773. The van der Waals surface area contributed by atoms with Crippen LogP contribution in [0.4, 0.5) is 5.69 Å². The van der Waals surface area contributed by atoms with E-state index in [1.165, 1.54) is 0 Å². The zero-order valence-corrected chi connectivity index (χ0v) is 12.1. The Morgan fingerprint density at radius 2 is 1.90 bits per heavy atom. The number of hydrazone groups is 1. The largest absolute Gasteiger partial charge is 0.337 e. The molecule has 0 aromatic heterocycles. The number of nitrogens with zero attached hydrogens (tertiary/aromatic N) is 4. The van der Waals surface area contributed by atoms with Crippen molar-refractivity contribution in [3.63, 3.8) is 0 Å². The molecule has 0 atom stereocenters. The van der Waals surface area contributed by atoms with E-state index in [4.69, 9.17) is 10.5 Å². The van der Waals surface area contributed by atoms with Crippen LogP contribution in [0.1, 0.15) is 10.4 Å². The van der Waals surface area contributed by atoms with Gasteiger partial charge in [-0.05, 0) is 12.1 Å². The first kappa shape index (κ1) is 14.9. The number of para-hydroxylation sites is 1. The minimum Gasteiger partial charge on any atom is -0.337 e. The number of nitriles is 2. The lowest BCUT2D eigenvalue weighted by Gasteiger charge is -2.27. The molecule has 2 rings (SSSR count).